The Balaban J connectivity index is 1.79. The molecule has 0 unspecified atom stereocenters. The minimum absolute atomic E-state index is 0.0686. The van der Waals surface area contributed by atoms with Crippen LogP contribution in [0.25, 0.3) is 0 Å². The molecule has 2 rings (SSSR count). The lowest BCUT2D eigenvalue weighted by atomic mass is 9.88. The van der Waals surface area contributed by atoms with Crippen molar-refractivity contribution in [2.75, 3.05) is 26.2 Å². The van der Waals surface area contributed by atoms with Crippen LogP contribution in [-0.2, 0) is 11.2 Å². The predicted octanol–water partition coefficient (Wildman–Crippen LogP) is 3.46. The summed E-state index contributed by atoms with van der Waals surface area (Å²) in [6.07, 6.45) is -2.21. The second kappa shape index (κ2) is 9.35. The topological polar surface area (TPSA) is 49.4 Å². The monoisotopic (exact) mass is 384 g/mol. The van der Waals surface area contributed by atoms with Gasteiger partial charge in [-0.1, -0.05) is 38.1 Å². The van der Waals surface area contributed by atoms with E-state index in [1.165, 1.54) is 5.56 Å². The van der Waals surface area contributed by atoms with Gasteiger partial charge in [0.2, 0.25) is 5.91 Å². The fourth-order valence-electron chi connectivity index (χ4n) is 3.32. The molecule has 1 N–H and O–H groups in total. The highest BCUT2D eigenvalue weighted by molar-refractivity contribution is 5.98. The van der Waals surface area contributed by atoms with Crippen molar-refractivity contribution in [2.45, 2.75) is 39.3 Å². The molecule has 1 fully saturated rings. The smallest absolute Gasteiger partial charge is 0.346 e. The summed E-state index contributed by atoms with van der Waals surface area (Å²) in [5.74, 6) is -0.0789. The van der Waals surface area contributed by atoms with Gasteiger partial charge in [-0.25, -0.2) is 0 Å². The number of carbonyl (C=O) groups is 2. The van der Waals surface area contributed by atoms with E-state index in [4.69, 9.17) is 0 Å². The van der Waals surface area contributed by atoms with E-state index < -0.39 is 18.6 Å². The molecular formula is C20H27F3N2O2. The Bertz CT molecular complexity index is 634. The van der Waals surface area contributed by atoms with Crippen LogP contribution in [0.4, 0.5) is 13.2 Å². The van der Waals surface area contributed by atoms with Gasteiger partial charge in [0.15, 0.2) is 5.78 Å². The van der Waals surface area contributed by atoms with E-state index >= 15 is 0 Å². The molecule has 1 heterocycles. The van der Waals surface area contributed by atoms with Crippen LogP contribution in [0.15, 0.2) is 24.3 Å². The predicted molar refractivity (Wildman–Crippen MR) is 97.5 cm³/mol. The summed E-state index contributed by atoms with van der Waals surface area (Å²) < 4.78 is 36.4. The zero-order valence-electron chi connectivity index (χ0n) is 15.8. The highest BCUT2D eigenvalue weighted by atomic mass is 19.4. The number of likely N-dealkylation sites (tertiary alicyclic amines) is 1. The van der Waals surface area contributed by atoms with Crippen LogP contribution < -0.4 is 5.32 Å². The summed E-state index contributed by atoms with van der Waals surface area (Å²) >= 11 is 0. The number of carbonyl (C=O) groups excluding carboxylic acids is 2. The molecular weight excluding hydrogens is 357 g/mol. The molecule has 150 valence electrons. The van der Waals surface area contributed by atoms with Gasteiger partial charge in [0, 0.05) is 11.5 Å². The first kappa shape index (κ1) is 21.4. The Labute approximate surface area is 158 Å². The number of nitrogens with one attached hydrogen (secondary N) is 1. The molecule has 0 aliphatic carbocycles. The van der Waals surface area contributed by atoms with E-state index in [9.17, 15) is 22.8 Å². The summed E-state index contributed by atoms with van der Waals surface area (Å²) in [5.41, 5.74) is 1.91. The molecule has 1 aliphatic heterocycles. The molecule has 1 aromatic carbocycles. The maximum absolute atomic E-state index is 12.7. The molecule has 0 saturated carbocycles. The molecule has 1 amide bonds. The zero-order valence-corrected chi connectivity index (χ0v) is 15.8. The Kier molecular flexibility index (Phi) is 7.41. The summed E-state index contributed by atoms with van der Waals surface area (Å²) in [6, 6.07) is 7.73. The lowest BCUT2D eigenvalue weighted by Gasteiger charge is -2.30. The first-order chi connectivity index (χ1) is 12.6. The molecule has 7 heteroatoms. The number of amides is 1. The van der Waals surface area contributed by atoms with Gasteiger partial charge in [0.05, 0.1) is 6.54 Å². The Morgan fingerprint density at radius 1 is 1.15 bits per heavy atom. The summed E-state index contributed by atoms with van der Waals surface area (Å²) in [6.45, 7) is 3.98. The van der Waals surface area contributed by atoms with Crippen LogP contribution in [-0.4, -0.2) is 48.9 Å². The van der Waals surface area contributed by atoms with Gasteiger partial charge >= 0.3 is 6.18 Å². The number of hydrogen-bond donors (Lipinski definition) is 1. The molecule has 0 bridgehead atoms. The van der Waals surface area contributed by atoms with E-state index in [1.54, 1.807) is 4.90 Å². The minimum Gasteiger partial charge on any atom is -0.346 e. The number of benzene rings is 1. The Morgan fingerprint density at radius 3 is 2.26 bits per heavy atom. The van der Waals surface area contributed by atoms with Crippen LogP contribution in [0.2, 0.25) is 0 Å². The molecule has 0 atom stereocenters. The van der Waals surface area contributed by atoms with Crippen molar-refractivity contribution >= 4 is 11.7 Å². The molecule has 1 saturated heterocycles. The van der Waals surface area contributed by atoms with Crippen molar-refractivity contribution in [3.63, 3.8) is 0 Å². The van der Waals surface area contributed by atoms with Crippen molar-refractivity contribution in [1.82, 2.24) is 10.2 Å². The fraction of sp³-hybridized carbons (Fsp3) is 0.600. The van der Waals surface area contributed by atoms with Crippen molar-refractivity contribution < 1.29 is 22.8 Å². The van der Waals surface area contributed by atoms with Gasteiger partial charge < -0.3 is 5.32 Å². The van der Waals surface area contributed by atoms with Gasteiger partial charge in [-0.05, 0) is 43.8 Å². The lowest BCUT2D eigenvalue weighted by molar-refractivity contribution is -0.139. The number of nitrogens with zero attached hydrogens (tertiary/aromatic N) is 1. The van der Waals surface area contributed by atoms with Gasteiger partial charge in [-0.2, -0.15) is 13.2 Å². The van der Waals surface area contributed by atoms with Crippen molar-refractivity contribution in [3.05, 3.63) is 35.4 Å². The minimum atomic E-state index is -4.40. The first-order valence-corrected chi connectivity index (χ1v) is 9.33. The third kappa shape index (κ3) is 7.33. The molecule has 0 spiro atoms. The zero-order chi connectivity index (χ0) is 20.0. The molecule has 1 aromatic rings. The average molecular weight is 384 g/mol. The third-order valence-corrected chi connectivity index (χ3v) is 4.69. The van der Waals surface area contributed by atoms with Gasteiger partial charge in [-0.3, -0.25) is 14.5 Å². The maximum atomic E-state index is 12.7. The van der Waals surface area contributed by atoms with E-state index in [2.05, 4.69) is 13.8 Å². The number of halogens is 3. The molecule has 27 heavy (non-hydrogen) atoms. The van der Waals surface area contributed by atoms with Gasteiger partial charge in [0.25, 0.3) is 0 Å². The Morgan fingerprint density at radius 2 is 1.74 bits per heavy atom. The van der Waals surface area contributed by atoms with Crippen molar-refractivity contribution in [3.8, 4) is 0 Å². The largest absolute Gasteiger partial charge is 0.405 e. The SMILES string of the molecule is CC(C)Cc1ccc(C(=O)C2CCN(CC(=O)NCC(F)(F)F)CC2)cc1. The van der Waals surface area contributed by atoms with Crippen LogP contribution >= 0.6 is 0 Å². The van der Waals surface area contributed by atoms with E-state index in [0.717, 1.165) is 6.42 Å². The number of hydrogen-bond acceptors (Lipinski definition) is 3. The molecule has 0 aromatic heterocycles. The molecule has 0 radical (unpaired) electrons. The normalized spacial score (nSPS) is 16.5. The van der Waals surface area contributed by atoms with Crippen LogP contribution in [0.3, 0.4) is 0 Å². The summed E-state index contributed by atoms with van der Waals surface area (Å²) in [4.78, 5) is 26.0. The number of piperidine rings is 1. The van der Waals surface area contributed by atoms with Crippen molar-refractivity contribution in [2.24, 2.45) is 11.8 Å². The lowest BCUT2D eigenvalue weighted by Crippen LogP contribution is -2.44. The van der Waals surface area contributed by atoms with Crippen molar-refractivity contribution in [1.29, 1.82) is 0 Å². The molecule has 1 aliphatic rings. The third-order valence-electron chi connectivity index (χ3n) is 4.69. The summed E-state index contributed by atoms with van der Waals surface area (Å²) in [7, 11) is 0. The first-order valence-electron chi connectivity index (χ1n) is 9.33. The van der Waals surface area contributed by atoms with E-state index in [0.29, 0.717) is 37.4 Å². The highest BCUT2D eigenvalue weighted by Gasteiger charge is 2.29. The second-order valence-corrected chi connectivity index (χ2v) is 7.60. The standard InChI is InChI=1S/C20H27F3N2O2/c1-14(2)11-15-3-5-16(6-4-15)19(27)17-7-9-25(10-8-17)12-18(26)24-13-20(21,22)23/h3-6,14,17H,7-13H2,1-2H3,(H,24,26). The molecule has 4 nitrogen and oxygen atoms in total. The fourth-order valence-corrected chi connectivity index (χ4v) is 3.32. The quantitative estimate of drug-likeness (QED) is 0.733. The number of alkyl halides is 3. The van der Waals surface area contributed by atoms with Crippen LogP contribution in [0.1, 0.15) is 42.6 Å². The number of Topliss-reactive ketones (excluding diaryl/α,β-unsaturated/α-hetero) is 1. The number of rotatable bonds is 7. The van der Waals surface area contributed by atoms with Gasteiger partial charge in [0.1, 0.15) is 6.54 Å². The van der Waals surface area contributed by atoms with Gasteiger partial charge in [-0.15, -0.1) is 0 Å². The van der Waals surface area contributed by atoms with Crippen LogP contribution in [0, 0.1) is 11.8 Å². The van der Waals surface area contributed by atoms with E-state index in [1.807, 2.05) is 29.6 Å². The summed E-state index contributed by atoms with van der Waals surface area (Å²) in [5, 5.41) is 1.88. The maximum Gasteiger partial charge on any atom is 0.405 e. The average Bonchev–Trinajstić information content (AvgIpc) is 2.60. The van der Waals surface area contributed by atoms with Crippen LogP contribution in [0.5, 0.6) is 0 Å². The number of ketones is 1. The van der Waals surface area contributed by atoms with E-state index in [-0.39, 0.29) is 18.2 Å². The highest BCUT2D eigenvalue weighted by Crippen LogP contribution is 2.22. The Hall–Kier alpha value is -1.89. The second-order valence-electron chi connectivity index (χ2n) is 7.60.